The summed E-state index contributed by atoms with van der Waals surface area (Å²) >= 11 is 0. The summed E-state index contributed by atoms with van der Waals surface area (Å²) in [4.78, 5) is 12.1. The number of carbonyl (C=O) groups excluding carboxylic acids is 1. The highest BCUT2D eigenvalue weighted by molar-refractivity contribution is 7.90. The molecule has 0 atom stereocenters. The molecule has 0 unspecified atom stereocenters. The molecule has 0 aliphatic heterocycles. The second-order valence-electron chi connectivity index (χ2n) is 7.01. The number of nitrogens with zero attached hydrogens (tertiary/aromatic N) is 1. The Morgan fingerprint density at radius 2 is 1.86 bits per heavy atom. The van der Waals surface area contributed by atoms with Crippen LogP contribution in [0.4, 0.5) is 0 Å². The van der Waals surface area contributed by atoms with Crippen LogP contribution >= 0.6 is 0 Å². The number of benzene rings is 2. The zero-order valence-electron chi connectivity index (χ0n) is 15.8. The van der Waals surface area contributed by atoms with Gasteiger partial charge >= 0.3 is 5.97 Å². The topological polar surface area (TPSA) is 65.4 Å². The van der Waals surface area contributed by atoms with E-state index in [0.717, 1.165) is 46.9 Å². The lowest BCUT2D eigenvalue weighted by molar-refractivity contribution is -0.134. The van der Waals surface area contributed by atoms with E-state index >= 15 is 0 Å². The summed E-state index contributed by atoms with van der Waals surface area (Å²) in [6.45, 7) is 1.92. The SMILES string of the molecule is COC(=O)/C=C1\CCCc2cn(S(=O)(=O)c3ccc(C)cc3)c3cccc1c23. The van der Waals surface area contributed by atoms with Crippen molar-refractivity contribution < 1.29 is 17.9 Å². The average Bonchev–Trinajstić information content (AvgIpc) is 2.98. The highest BCUT2D eigenvalue weighted by Crippen LogP contribution is 2.37. The molecule has 1 aromatic heterocycles. The summed E-state index contributed by atoms with van der Waals surface area (Å²) in [6.07, 6.45) is 5.57. The quantitative estimate of drug-likeness (QED) is 0.495. The number of esters is 1. The van der Waals surface area contributed by atoms with Crippen molar-refractivity contribution >= 4 is 32.5 Å². The first-order chi connectivity index (χ1) is 13.4. The minimum atomic E-state index is -3.71. The van der Waals surface area contributed by atoms with Crippen LogP contribution in [0.2, 0.25) is 0 Å². The molecule has 3 aromatic rings. The fourth-order valence-electron chi connectivity index (χ4n) is 3.77. The van der Waals surface area contributed by atoms with Gasteiger partial charge in [-0.2, -0.15) is 0 Å². The minimum absolute atomic E-state index is 0.259. The fourth-order valence-corrected chi connectivity index (χ4v) is 5.16. The van der Waals surface area contributed by atoms with Gasteiger partial charge in [-0.1, -0.05) is 29.8 Å². The predicted octanol–water partition coefficient (Wildman–Crippen LogP) is 4.08. The van der Waals surface area contributed by atoms with Gasteiger partial charge in [-0.25, -0.2) is 17.2 Å². The smallest absolute Gasteiger partial charge is 0.330 e. The van der Waals surface area contributed by atoms with Crippen LogP contribution in [0.3, 0.4) is 0 Å². The number of carbonyl (C=O) groups is 1. The number of hydrogen-bond donors (Lipinski definition) is 0. The summed E-state index contributed by atoms with van der Waals surface area (Å²) < 4.78 is 32.7. The Bertz CT molecular complexity index is 1200. The molecule has 0 amide bonds. The molecule has 1 heterocycles. The summed E-state index contributed by atoms with van der Waals surface area (Å²) in [5, 5.41) is 0.894. The lowest BCUT2D eigenvalue weighted by atomic mass is 9.99. The van der Waals surface area contributed by atoms with Crippen molar-refractivity contribution in [3.05, 3.63) is 71.4 Å². The first-order valence-electron chi connectivity index (χ1n) is 9.16. The molecule has 0 saturated heterocycles. The lowest BCUT2D eigenvalue weighted by Crippen LogP contribution is -2.12. The maximum atomic E-state index is 13.3. The molecular weight excluding hydrogens is 374 g/mol. The number of rotatable bonds is 3. The van der Waals surface area contributed by atoms with E-state index in [-0.39, 0.29) is 4.90 Å². The van der Waals surface area contributed by atoms with Crippen LogP contribution < -0.4 is 0 Å². The molecule has 2 aromatic carbocycles. The number of methoxy groups -OCH3 is 1. The standard InChI is InChI=1S/C22H21NO4S/c1-15-9-11-18(12-10-15)28(25,26)23-14-17-6-3-5-16(13-21(24)27-2)19-7-4-8-20(23)22(17)19/h4,7-14H,3,5-6H2,1-2H3/b16-13+. The summed E-state index contributed by atoms with van der Waals surface area (Å²) in [5.41, 5.74) is 4.39. The largest absolute Gasteiger partial charge is 0.466 e. The van der Waals surface area contributed by atoms with Crippen molar-refractivity contribution in [1.82, 2.24) is 3.97 Å². The Hall–Kier alpha value is -2.86. The number of allylic oxidation sites excluding steroid dienone is 1. The van der Waals surface area contributed by atoms with E-state index in [4.69, 9.17) is 4.74 Å². The van der Waals surface area contributed by atoms with Crippen molar-refractivity contribution in [1.29, 1.82) is 0 Å². The van der Waals surface area contributed by atoms with Gasteiger partial charge in [0.2, 0.25) is 0 Å². The molecule has 5 nitrogen and oxygen atoms in total. The Balaban J connectivity index is 1.95. The Kier molecular flexibility index (Phi) is 4.59. The highest BCUT2D eigenvalue weighted by Gasteiger charge is 2.25. The molecule has 4 rings (SSSR count). The van der Waals surface area contributed by atoms with Crippen LogP contribution in [0.15, 0.2) is 59.6 Å². The van der Waals surface area contributed by atoms with Gasteiger partial charge < -0.3 is 4.74 Å². The first kappa shape index (κ1) is 18.5. The molecule has 144 valence electrons. The van der Waals surface area contributed by atoms with E-state index in [1.807, 2.05) is 25.1 Å². The van der Waals surface area contributed by atoms with Crippen molar-refractivity contribution in [3.8, 4) is 0 Å². The highest BCUT2D eigenvalue weighted by atomic mass is 32.2. The molecule has 1 aliphatic carbocycles. The molecule has 0 spiro atoms. The van der Waals surface area contributed by atoms with Gasteiger partial charge in [0.25, 0.3) is 10.0 Å². The van der Waals surface area contributed by atoms with E-state index in [2.05, 4.69) is 0 Å². The second-order valence-corrected chi connectivity index (χ2v) is 8.83. The van der Waals surface area contributed by atoms with Gasteiger partial charge in [0.1, 0.15) is 0 Å². The Morgan fingerprint density at radius 3 is 2.57 bits per heavy atom. The second kappa shape index (κ2) is 6.95. The van der Waals surface area contributed by atoms with Crippen LogP contribution in [0.25, 0.3) is 16.5 Å². The zero-order chi connectivity index (χ0) is 19.9. The first-order valence-corrected chi connectivity index (χ1v) is 10.6. The molecule has 6 heteroatoms. The van der Waals surface area contributed by atoms with Gasteiger partial charge in [0.15, 0.2) is 0 Å². The van der Waals surface area contributed by atoms with Crippen LogP contribution in [0, 0.1) is 6.92 Å². The Labute approximate surface area is 164 Å². The number of hydrogen-bond acceptors (Lipinski definition) is 4. The van der Waals surface area contributed by atoms with Crippen molar-refractivity contribution in [2.75, 3.05) is 7.11 Å². The van der Waals surface area contributed by atoms with Gasteiger partial charge in [0.05, 0.1) is 17.5 Å². The van der Waals surface area contributed by atoms with Crippen LogP contribution in [-0.2, 0) is 26.0 Å². The number of aryl methyl sites for hydroxylation is 2. The molecular formula is C22H21NO4S. The summed E-state index contributed by atoms with van der Waals surface area (Å²) in [6, 6.07) is 12.4. The molecule has 0 N–H and O–H groups in total. The van der Waals surface area contributed by atoms with Crippen molar-refractivity contribution in [3.63, 3.8) is 0 Å². The third kappa shape index (κ3) is 3.03. The van der Waals surface area contributed by atoms with Crippen LogP contribution in [0.1, 0.15) is 29.5 Å². The van der Waals surface area contributed by atoms with E-state index in [0.29, 0.717) is 5.52 Å². The molecule has 0 radical (unpaired) electrons. The maximum absolute atomic E-state index is 13.3. The zero-order valence-corrected chi connectivity index (χ0v) is 16.6. The third-order valence-electron chi connectivity index (χ3n) is 5.18. The summed E-state index contributed by atoms with van der Waals surface area (Å²) in [7, 11) is -2.36. The molecule has 0 fully saturated rings. The normalized spacial score (nSPS) is 15.6. The van der Waals surface area contributed by atoms with E-state index < -0.39 is 16.0 Å². The number of aromatic nitrogens is 1. The van der Waals surface area contributed by atoms with Crippen molar-refractivity contribution in [2.45, 2.75) is 31.1 Å². The fraction of sp³-hybridized carbons (Fsp3) is 0.227. The summed E-state index contributed by atoms with van der Waals surface area (Å²) in [5.74, 6) is -0.401. The molecule has 28 heavy (non-hydrogen) atoms. The van der Waals surface area contributed by atoms with Crippen LogP contribution in [-0.4, -0.2) is 25.5 Å². The van der Waals surface area contributed by atoms with E-state index in [9.17, 15) is 13.2 Å². The third-order valence-corrected chi connectivity index (χ3v) is 6.87. The van der Waals surface area contributed by atoms with Gasteiger partial charge in [0, 0.05) is 17.7 Å². The monoisotopic (exact) mass is 395 g/mol. The molecule has 1 aliphatic rings. The lowest BCUT2D eigenvalue weighted by Gasteiger charge is -2.10. The Morgan fingerprint density at radius 1 is 1.11 bits per heavy atom. The maximum Gasteiger partial charge on any atom is 0.330 e. The van der Waals surface area contributed by atoms with Gasteiger partial charge in [-0.3, -0.25) is 0 Å². The minimum Gasteiger partial charge on any atom is -0.466 e. The van der Waals surface area contributed by atoms with E-state index in [1.165, 1.54) is 17.2 Å². The average molecular weight is 395 g/mol. The molecule has 0 saturated carbocycles. The molecule has 0 bridgehead atoms. The predicted molar refractivity (Wildman–Crippen MR) is 109 cm³/mol. The van der Waals surface area contributed by atoms with Crippen LogP contribution in [0.5, 0.6) is 0 Å². The van der Waals surface area contributed by atoms with E-state index in [1.54, 1.807) is 30.5 Å². The van der Waals surface area contributed by atoms with Gasteiger partial charge in [-0.15, -0.1) is 0 Å². The van der Waals surface area contributed by atoms with Gasteiger partial charge in [-0.05, 0) is 61.1 Å². The number of ether oxygens (including phenoxy) is 1. The van der Waals surface area contributed by atoms with Crippen molar-refractivity contribution in [2.24, 2.45) is 0 Å².